The van der Waals surface area contributed by atoms with Crippen molar-refractivity contribution >= 4 is 15.7 Å². The molecule has 0 spiro atoms. The van der Waals surface area contributed by atoms with E-state index in [0.29, 0.717) is 42.0 Å². The fourth-order valence-corrected chi connectivity index (χ4v) is 9.57. The van der Waals surface area contributed by atoms with Crippen LogP contribution >= 0.6 is 0 Å². The number of carbonyl (C=O) groups excluding carboxylic acids is 1. The van der Waals surface area contributed by atoms with Gasteiger partial charge < -0.3 is 4.90 Å². The van der Waals surface area contributed by atoms with Crippen molar-refractivity contribution in [3.05, 3.63) is 0 Å². The second-order valence-corrected chi connectivity index (χ2v) is 13.3. The maximum absolute atomic E-state index is 12.7. The summed E-state index contributed by atoms with van der Waals surface area (Å²) in [6.45, 7) is 8.97. The lowest BCUT2D eigenvalue weighted by atomic mass is 9.45. The summed E-state index contributed by atoms with van der Waals surface area (Å²) < 4.78 is 25.3. The molecule has 4 aliphatic rings. The van der Waals surface area contributed by atoms with Gasteiger partial charge in [-0.15, -0.1) is 0 Å². The maximum Gasteiger partial charge on any atom is 0.222 e. The molecule has 3 aliphatic carbocycles. The van der Waals surface area contributed by atoms with Gasteiger partial charge in [0.15, 0.2) is 9.84 Å². The molecule has 1 aliphatic heterocycles. The van der Waals surface area contributed by atoms with Crippen LogP contribution in [0.1, 0.15) is 72.6 Å². The van der Waals surface area contributed by atoms with Gasteiger partial charge in [-0.2, -0.15) is 0 Å². The van der Waals surface area contributed by atoms with Crippen LogP contribution in [0.25, 0.3) is 0 Å². The van der Waals surface area contributed by atoms with Crippen molar-refractivity contribution in [1.29, 1.82) is 0 Å². The molecule has 4 nitrogen and oxygen atoms in total. The highest BCUT2D eigenvalue weighted by Crippen LogP contribution is 2.66. The number of rotatable bonds is 2. The molecule has 1 heterocycles. The molecule has 1 saturated heterocycles. The molecule has 1 amide bonds. The molecule has 3 saturated carbocycles. The maximum atomic E-state index is 12.7. The van der Waals surface area contributed by atoms with E-state index in [1.165, 1.54) is 6.42 Å². The zero-order valence-corrected chi connectivity index (χ0v) is 18.5. The molecular weight excluding hydrogens is 358 g/mol. The van der Waals surface area contributed by atoms with Crippen molar-refractivity contribution in [3.8, 4) is 0 Å². The van der Waals surface area contributed by atoms with E-state index in [-0.39, 0.29) is 21.8 Å². The molecule has 0 aromatic carbocycles. The third kappa shape index (κ3) is 2.73. The van der Waals surface area contributed by atoms with Gasteiger partial charge in [0, 0.05) is 25.3 Å². The molecule has 8 atom stereocenters. The number of likely N-dealkylation sites (tertiary alicyclic amines) is 1. The van der Waals surface area contributed by atoms with Crippen molar-refractivity contribution in [2.24, 2.45) is 34.5 Å². The molecule has 5 heteroatoms. The van der Waals surface area contributed by atoms with Crippen LogP contribution in [0.5, 0.6) is 0 Å². The summed E-state index contributed by atoms with van der Waals surface area (Å²) in [5, 5.41) is -0.135. The Morgan fingerprint density at radius 3 is 2.52 bits per heavy atom. The first-order valence-electron chi connectivity index (χ1n) is 11.0. The van der Waals surface area contributed by atoms with Crippen LogP contribution in [0.2, 0.25) is 0 Å². The highest BCUT2D eigenvalue weighted by Gasteiger charge is 2.62. The lowest BCUT2D eigenvalue weighted by molar-refractivity contribution is -0.164. The molecule has 0 radical (unpaired) electrons. The van der Waals surface area contributed by atoms with Crippen molar-refractivity contribution in [2.45, 2.75) is 83.9 Å². The van der Waals surface area contributed by atoms with E-state index in [0.717, 1.165) is 32.1 Å². The van der Waals surface area contributed by atoms with Crippen molar-refractivity contribution in [1.82, 2.24) is 4.90 Å². The molecule has 0 N–H and O–H groups in total. The number of amides is 1. The Hall–Kier alpha value is -0.580. The summed E-state index contributed by atoms with van der Waals surface area (Å²) in [6, 6.07) is 0.357. The third-order valence-electron chi connectivity index (χ3n) is 9.57. The van der Waals surface area contributed by atoms with E-state index < -0.39 is 9.84 Å². The second kappa shape index (κ2) is 6.21. The fourth-order valence-electron chi connectivity index (χ4n) is 7.97. The summed E-state index contributed by atoms with van der Waals surface area (Å²) >= 11 is 0. The van der Waals surface area contributed by atoms with E-state index in [1.807, 2.05) is 11.9 Å². The van der Waals surface area contributed by atoms with E-state index in [9.17, 15) is 13.2 Å². The zero-order chi connectivity index (χ0) is 19.8. The molecule has 4 rings (SSSR count). The average Bonchev–Trinajstić information content (AvgIpc) is 2.99. The Labute approximate surface area is 165 Å². The molecular formula is C22H37NO3S. The number of sulfone groups is 1. The van der Waals surface area contributed by atoms with Crippen LogP contribution in [-0.2, 0) is 14.6 Å². The number of carbonyl (C=O) groups is 1. The van der Waals surface area contributed by atoms with E-state index in [1.54, 1.807) is 6.92 Å². The summed E-state index contributed by atoms with van der Waals surface area (Å²) in [6.07, 6.45) is 6.86. The lowest BCUT2D eigenvalue weighted by Gasteiger charge is -2.63. The molecule has 27 heavy (non-hydrogen) atoms. The predicted molar refractivity (Wildman–Crippen MR) is 108 cm³/mol. The predicted octanol–water partition coefficient (Wildman–Crippen LogP) is 3.90. The van der Waals surface area contributed by atoms with Gasteiger partial charge >= 0.3 is 0 Å². The lowest BCUT2D eigenvalue weighted by Crippen LogP contribution is -2.62. The van der Waals surface area contributed by atoms with Crippen LogP contribution in [0.4, 0.5) is 0 Å². The Kier molecular flexibility index (Phi) is 4.53. The highest BCUT2D eigenvalue weighted by atomic mass is 32.2. The summed E-state index contributed by atoms with van der Waals surface area (Å²) in [5.41, 5.74) is 0.380. The van der Waals surface area contributed by atoms with Gasteiger partial charge in [0.1, 0.15) is 0 Å². The Morgan fingerprint density at radius 2 is 1.85 bits per heavy atom. The molecule has 0 bridgehead atoms. The summed E-state index contributed by atoms with van der Waals surface area (Å²) in [4.78, 5) is 14.4. The quantitative estimate of drug-likeness (QED) is 0.712. The minimum absolute atomic E-state index is 0.135. The monoisotopic (exact) mass is 395 g/mol. The summed E-state index contributed by atoms with van der Waals surface area (Å²) in [5.74, 6) is 2.91. The van der Waals surface area contributed by atoms with Gasteiger partial charge in [0.2, 0.25) is 5.91 Å². The van der Waals surface area contributed by atoms with Gasteiger partial charge in [0.05, 0.1) is 5.25 Å². The van der Waals surface area contributed by atoms with Gasteiger partial charge in [0.25, 0.3) is 0 Å². The molecule has 1 unspecified atom stereocenters. The summed E-state index contributed by atoms with van der Waals surface area (Å²) in [7, 11) is -0.953. The third-order valence-corrected chi connectivity index (χ3v) is 11.8. The van der Waals surface area contributed by atoms with Crippen LogP contribution in [0.15, 0.2) is 0 Å². The Balaban J connectivity index is 1.68. The van der Waals surface area contributed by atoms with Gasteiger partial charge in [-0.1, -0.05) is 27.7 Å². The van der Waals surface area contributed by atoms with Crippen LogP contribution < -0.4 is 0 Å². The number of hydrogen-bond acceptors (Lipinski definition) is 3. The number of hydrogen-bond donors (Lipinski definition) is 0. The molecule has 154 valence electrons. The van der Waals surface area contributed by atoms with Gasteiger partial charge in [-0.25, -0.2) is 8.42 Å². The average molecular weight is 396 g/mol. The SMILES string of the molecule is CCS(=O)(=O)[C@H]1C[C@H]2C3[C@@H](C)C[C@H]4N(C)C(=O)CC[C@]4(C)[C@H]3CC[C@]2(C)C1. The smallest absolute Gasteiger partial charge is 0.222 e. The topological polar surface area (TPSA) is 54.5 Å². The first-order valence-corrected chi connectivity index (χ1v) is 12.7. The fraction of sp³-hybridized carbons (Fsp3) is 0.955. The van der Waals surface area contributed by atoms with Gasteiger partial charge in [-0.3, -0.25) is 4.79 Å². The minimum atomic E-state index is -2.96. The molecule has 0 aromatic heterocycles. The first kappa shape index (κ1) is 19.7. The number of piperidine rings is 1. The normalized spacial score (nSPS) is 50.1. The number of nitrogens with zero attached hydrogens (tertiary/aromatic N) is 1. The van der Waals surface area contributed by atoms with Crippen LogP contribution in [-0.4, -0.2) is 43.3 Å². The Bertz CT molecular complexity index is 734. The second-order valence-electron chi connectivity index (χ2n) is 10.7. The Morgan fingerprint density at radius 1 is 1.15 bits per heavy atom. The van der Waals surface area contributed by atoms with Crippen molar-refractivity contribution in [3.63, 3.8) is 0 Å². The number of fused-ring (bicyclic) bond motifs is 5. The highest BCUT2D eigenvalue weighted by molar-refractivity contribution is 7.92. The van der Waals surface area contributed by atoms with E-state index in [2.05, 4.69) is 20.8 Å². The minimum Gasteiger partial charge on any atom is -0.342 e. The van der Waals surface area contributed by atoms with E-state index in [4.69, 9.17) is 0 Å². The van der Waals surface area contributed by atoms with Gasteiger partial charge in [-0.05, 0) is 73.0 Å². The van der Waals surface area contributed by atoms with Crippen LogP contribution in [0.3, 0.4) is 0 Å². The molecule has 4 fully saturated rings. The van der Waals surface area contributed by atoms with Crippen molar-refractivity contribution in [2.75, 3.05) is 12.8 Å². The largest absolute Gasteiger partial charge is 0.342 e. The molecule has 0 aromatic rings. The van der Waals surface area contributed by atoms with E-state index >= 15 is 0 Å². The zero-order valence-electron chi connectivity index (χ0n) is 17.7. The van der Waals surface area contributed by atoms with Crippen molar-refractivity contribution < 1.29 is 13.2 Å². The first-order chi connectivity index (χ1) is 12.5. The van der Waals surface area contributed by atoms with Crippen LogP contribution in [0, 0.1) is 34.5 Å². The standard InChI is InChI=1S/C22H37NO3S/c1-6-27(25,26)15-12-17-20-14(2)11-18-22(4,10-8-19(24)23(18)5)16(20)7-9-21(17,3)13-15/h14-18,20H,6-13H2,1-5H3/t14-,15-,16-,17-,18+,20?,21+,22+/m0/s1.